The molecule has 1 aliphatic rings. The molecule has 96 valence electrons. The summed E-state index contributed by atoms with van der Waals surface area (Å²) in [6.07, 6.45) is 0.468. The summed E-state index contributed by atoms with van der Waals surface area (Å²) in [5.41, 5.74) is 0. The van der Waals surface area contributed by atoms with Gasteiger partial charge in [-0.1, -0.05) is 0 Å². The number of aromatic nitrogens is 2. The molecule has 6 heteroatoms. The van der Waals surface area contributed by atoms with Gasteiger partial charge in [0.05, 0.1) is 25.7 Å². The first kappa shape index (κ1) is 12.6. The van der Waals surface area contributed by atoms with Gasteiger partial charge in [-0.3, -0.25) is 0 Å². The quantitative estimate of drug-likeness (QED) is 0.798. The fraction of sp³-hybridized carbons (Fsp3) is 0.583. The number of aryl methyl sites for hydroxylation is 1. The number of rotatable bonds is 4. The van der Waals surface area contributed by atoms with Crippen LogP contribution in [0.4, 0.5) is 11.6 Å². The van der Waals surface area contributed by atoms with E-state index in [1.807, 2.05) is 13.0 Å². The van der Waals surface area contributed by atoms with Crippen LogP contribution in [0.1, 0.15) is 12.2 Å². The predicted octanol–water partition coefficient (Wildman–Crippen LogP) is 0.947. The fourth-order valence-corrected chi connectivity index (χ4v) is 1.84. The Labute approximate surface area is 107 Å². The molecule has 0 spiro atoms. The van der Waals surface area contributed by atoms with Gasteiger partial charge in [0.25, 0.3) is 0 Å². The number of hydrogen-bond acceptors (Lipinski definition) is 6. The second kappa shape index (κ2) is 6.17. The zero-order chi connectivity index (χ0) is 12.8. The van der Waals surface area contributed by atoms with Crippen LogP contribution in [0.15, 0.2) is 6.07 Å². The summed E-state index contributed by atoms with van der Waals surface area (Å²) < 4.78 is 5.32. The molecule has 2 rings (SSSR count). The van der Waals surface area contributed by atoms with Crippen molar-refractivity contribution in [1.82, 2.24) is 9.97 Å². The summed E-state index contributed by atoms with van der Waals surface area (Å²) in [7, 11) is 0. The summed E-state index contributed by atoms with van der Waals surface area (Å²) in [5.74, 6) is 2.43. The molecule has 0 radical (unpaired) electrons. The van der Waals surface area contributed by atoms with E-state index < -0.39 is 0 Å². The van der Waals surface area contributed by atoms with E-state index in [-0.39, 0.29) is 0 Å². The van der Waals surface area contributed by atoms with Gasteiger partial charge in [0.2, 0.25) is 0 Å². The maximum Gasteiger partial charge on any atom is 0.134 e. The Morgan fingerprint density at radius 1 is 1.44 bits per heavy atom. The number of nitrogens with zero attached hydrogens (tertiary/aromatic N) is 4. The SMILES string of the molecule is Cc1nc(NCCC#N)cc(N2CCOCC2)n1. The van der Waals surface area contributed by atoms with E-state index in [4.69, 9.17) is 10.00 Å². The lowest BCUT2D eigenvalue weighted by Crippen LogP contribution is -2.37. The van der Waals surface area contributed by atoms with Gasteiger partial charge >= 0.3 is 0 Å². The maximum absolute atomic E-state index is 8.51. The average Bonchev–Trinajstić information content (AvgIpc) is 2.39. The zero-order valence-corrected chi connectivity index (χ0v) is 10.5. The van der Waals surface area contributed by atoms with Gasteiger partial charge in [-0.25, -0.2) is 9.97 Å². The van der Waals surface area contributed by atoms with Crippen molar-refractivity contribution < 1.29 is 4.74 Å². The molecule has 1 aromatic rings. The summed E-state index contributed by atoms with van der Waals surface area (Å²) in [6, 6.07) is 4.02. The third-order valence-electron chi connectivity index (χ3n) is 2.70. The normalized spacial score (nSPS) is 15.2. The predicted molar refractivity (Wildman–Crippen MR) is 68.5 cm³/mol. The van der Waals surface area contributed by atoms with Crippen LogP contribution in [0.3, 0.4) is 0 Å². The Balaban J connectivity index is 2.07. The van der Waals surface area contributed by atoms with Crippen LogP contribution in [0.5, 0.6) is 0 Å². The number of anilines is 2. The van der Waals surface area contributed by atoms with E-state index >= 15 is 0 Å². The van der Waals surface area contributed by atoms with Crippen molar-refractivity contribution in [3.63, 3.8) is 0 Å². The molecule has 0 saturated carbocycles. The number of morpholine rings is 1. The Morgan fingerprint density at radius 2 is 2.22 bits per heavy atom. The molecule has 18 heavy (non-hydrogen) atoms. The minimum atomic E-state index is 0.468. The van der Waals surface area contributed by atoms with Crippen LogP contribution in [0, 0.1) is 18.3 Å². The van der Waals surface area contributed by atoms with Crippen LogP contribution >= 0.6 is 0 Å². The molecule has 1 N–H and O–H groups in total. The Hall–Kier alpha value is -1.87. The van der Waals surface area contributed by atoms with Crippen molar-refractivity contribution in [3.05, 3.63) is 11.9 Å². The van der Waals surface area contributed by atoms with Gasteiger partial charge in [-0.05, 0) is 6.92 Å². The minimum absolute atomic E-state index is 0.468. The highest BCUT2D eigenvalue weighted by Gasteiger charge is 2.13. The molecular weight excluding hydrogens is 230 g/mol. The highest BCUT2D eigenvalue weighted by molar-refractivity contribution is 5.49. The molecule has 2 heterocycles. The van der Waals surface area contributed by atoms with Gasteiger partial charge in [0, 0.05) is 25.7 Å². The molecule has 0 atom stereocenters. The summed E-state index contributed by atoms with van der Waals surface area (Å²) in [4.78, 5) is 10.9. The van der Waals surface area contributed by atoms with Gasteiger partial charge < -0.3 is 15.0 Å². The molecule has 0 aliphatic carbocycles. The molecule has 6 nitrogen and oxygen atoms in total. The third-order valence-corrected chi connectivity index (χ3v) is 2.70. The fourth-order valence-electron chi connectivity index (χ4n) is 1.84. The van der Waals surface area contributed by atoms with Crippen molar-refractivity contribution in [2.45, 2.75) is 13.3 Å². The molecule has 1 aromatic heterocycles. The van der Waals surface area contributed by atoms with Crippen LogP contribution in [0.25, 0.3) is 0 Å². The molecule has 1 fully saturated rings. The molecular formula is C12H17N5O. The first-order valence-corrected chi connectivity index (χ1v) is 6.09. The first-order chi connectivity index (χ1) is 8.79. The van der Waals surface area contributed by atoms with E-state index in [0.29, 0.717) is 13.0 Å². The smallest absolute Gasteiger partial charge is 0.134 e. The summed E-state index contributed by atoms with van der Waals surface area (Å²) in [6.45, 7) is 5.66. The topological polar surface area (TPSA) is 74.1 Å². The van der Waals surface area contributed by atoms with Crippen molar-refractivity contribution >= 4 is 11.6 Å². The lowest BCUT2D eigenvalue weighted by atomic mass is 10.3. The van der Waals surface area contributed by atoms with Gasteiger partial charge in [0.1, 0.15) is 17.5 Å². The van der Waals surface area contributed by atoms with E-state index in [2.05, 4.69) is 26.3 Å². The molecule has 0 aromatic carbocycles. The molecule has 1 saturated heterocycles. The lowest BCUT2D eigenvalue weighted by Gasteiger charge is -2.28. The second-order valence-electron chi connectivity index (χ2n) is 4.09. The standard InChI is InChI=1S/C12H17N5O/c1-10-15-11(14-4-2-3-13)9-12(16-10)17-5-7-18-8-6-17/h9H,2,4-8H2,1H3,(H,14,15,16). The van der Waals surface area contributed by atoms with E-state index in [9.17, 15) is 0 Å². The maximum atomic E-state index is 8.51. The van der Waals surface area contributed by atoms with Crippen molar-refractivity contribution in [2.75, 3.05) is 43.1 Å². The monoisotopic (exact) mass is 247 g/mol. The Kier molecular flexibility index (Phi) is 4.31. The first-order valence-electron chi connectivity index (χ1n) is 6.09. The van der Waals surface area contributed by atoms with Crippen molar-refractivity contribution in [3.8, 4) is 6.07 Å². The average molecular weight is 247 g/mol. The summed E-state index contributed by atoms with van der Waals surface area (Å²) in [5, 5.41) is 11.6. The van der Waals surface area contributed by atoms with E-state index in [1.54, 1.807) is 0 Å². The van der Waals surface area contributed by atoms with Crippen molar-refractivity contribution in [2.24, 2.45) is 0 Å². The third kappa shape index (κ3) is 3.31. The van der Waals surface area contributed by atoms with Crippen molar-refractivity contribution in [1.29, 1.82) is 5.26 Å². The highest BCUT2D eigenvalue weighted by Crippen LogP contribution is 2.16. The molecule has 1 aliphatic heterocycles. The van der Waals surface area contributed by atoms with E-state index in [1.165, 1.54) is 0 Å². The minimum Gasteiger partial charge on any atom is -0.378 e. The lowest BCUT2D eigenvalue weighted by molar-refractivity contribution is 0.122. The molecule has 0 amide bonds. The largest absolute Gasteiger partial charge is 0.378 e. The van der Waals surface area contributed by atoms with Gasteiger partial charge in [0.15, 0.2) is 0 Å². The highest BCUT2D eigenvalue weighted by atomic mass is 16.5. The van der Waals surface area contributed by atoms with E-state index in [0.717, 1.165) is 43.8 Å². The summed E-state index contributed by atoms with van der Waals surface area (Å²) >= 11 is 0. The number of nitriles is 1. The van der Waals surface area contributed by atoms with Crippen LogP contribution in [-0.4, -0.2) is 42.8 Å². The molecule has 0 bridgehead atoms. The van der Waals surface area contributed by atoms with Crippen LogP contribution < -0.4 is 10.2 Å². The Bertz CT molecular complexity index is 437. The van der Waals surface area contributed by atoms with Gasteiger partial charge in [-0.15, -0.1) is 0 Å². The number of hydrogen-bond donors (Lipinski definition) is 1. The number of nitrogens with one attached hydrogen (secondary N) is 1. The van der Waals surface area contributed by atoms with Crippen LogP contribution in [-0.2, 0) is 4.74 Å². The zero-order valence-electron chi connectivity index (χ0n) is 10.5. The molecule has 0 unspecified atom stereocenters. The van der Waals surface area contributed by atoms with Crippen LogP contribution in [0.2, 0.25) is 0 Å². The number of ether oxygens (including phenoxy) is 1. The van der Waals surface area contributed by atoms with Gasteiger partial charge in [-0.2, -0.15) is 5.26 Å². The Morgan fingerprint density at radius 3 is 2.94 bits per heavy atom. The second-order valence-corrected chi connectivity index (χ2v) is 4.09.